The summed E-state index contributed by atoms with van der Waals surface area (Å²) in [6, 6.07) is 1.73. The lowest BCUT2D eigenvalue weighted by Crippen LogP contribution is -2.47. The predicted octanol–water partition coefficient (Wildman–Crippen LogP) is -0.220. The summed E-state index contributed by atoms with van der Waals surface area (Å²) >= 11 is 0. The molecule has 0 aliphatic carbocycles. The molecule has 1 aliphatic rings. The second-order valence-electron chi connectivity index (χ2n) is 4.43. The monoisotopic (exact) mass is 252 g/mol. The van der Waals surface area contributed by atoms with E-state index in [0.29, 0.717) is 18.2 Å². The third-order valence-electron chi connectivity index (χ3n) is 2.84. The molecule has 1 aromatic heterocycles. The second kappa shape index (κ2) is 5.94. The summed E-state index contributed by atoms with van der Waals surface area (Å²) in [5, 5.41) is 2.14. The van der Waals surface area contributed by atoms with Crippen LogP contribution in [0.2, 0.25) is 0 Å². The van der Waals surface area contributed by atoms with Gasteiger partial charge in [0.2, 0.25) is 0 Å². The standard InChI is InChI=1S/C11H20N6O/c1-16-3-5-17(6-4-16)15-10-7-9(12)13-11(14-10)8-18-2/h7H,3-6,8H2,1-2H3,(H3,12,13,14,15). The van der Waals surface area contributed by atoms with Crippen molar-refractivity contribution >= 4 is 11.6 Å². The van der Waals surface area contributed by atoms with Crippen LogP contribution >= 0.6 is 0 Å². The van der Waals surface area contributed by atoms with Crippen LogP contribution in [-0.4, -0.2) is 60.2 Å². The lowest BCUT2D eigenvalue weighted by Gasteiger charge is -2.32. The summed E-state index contributed by atoms with van der Waals surface area (Å²) in [6.45, 7) is 4.36. The Morgan fingerprint density at radius 1 is 1.33 bits per heavy atom. The van der Waals surface area contributed by atoms with Crippen LogP contribution in [0, 0.1) is 0 Å². The predicted molar refractivity (Wildman–Crippen MR) is 69.9 cm³/mol. The van der Waals surface area contributed by atoms with Crippen molar-refractivity contribution in [3.05, 3.63) is 11.9 Å². The Kier molecular flexibility index (Phi) is 4.29. The van der Waals surface area contributed by atoms with Crippen molar-refractivity contribution in [2.75, 3.05) is 51.5 Å². The van der Waals surface area contributed by atoms with Gasteiger partial charge in [0.1, 0.15) is 18.2 Å². The summed E-state index contributed by atoms with van der Waals surface area (Å²) in [7, 11) is 3.73. The first-order valence-corrected chi connectivity index (χ1v) is 6.00. The minimum absolute atomic E-state index is 0.364. The molecule has 1 aromatic rings. The van der Waals surface area contributed by atoms with Crippen LogP contribution in [0.5, 0.6) is 0 Å². The number of hydrazine groups is 1. The number of nitrogens with zero attached hydrogens (tertiary/aromatic N) is 4. The van der Waals surface area contributed by atoms with Gasteiger partial charge in [0.05, 0.1) is 0 Å². The fourth-order valence-corrected chi connectivity index (χ4v) is 1.85. The van der Waals surface area contributed by atoms with Gasteiger partial charge in [0, 0.05) is 39.4 Å². The molecular formula is C11H20N6O. The van der Waals surface area contributed by atoms with E-state index in [0.717, 1.165) is 32.0 Å². The molecular weight excluding hydrogens is 232 g/mol. The summed E-state index contributed by atoms with van der Waals surface area (Å²) in [4.78, 5) is 10.8. The quantitative estimate of drug-likeness (QED) is 0.767. The molecule has 1 aliphatic heterocycles. The highest BCUT2D eigenvalue weighted by Crippen LogP contribution is 2.11. The maximum absolute atomic E-state index is 5.74. The average molecular weight is 252 g/mol. The Balaban J connectivity index is 2.00. The summed E-state index contributed by atoms with van der Waals surface area (Å²) in [6.07, 6.45) is 0. The molecule has 3 N–H and O–H groups in total. The van der Waals surface area contributed by atoms with Crippen molar-refractivity contribution in [1.29, 1.82) is 0 Å². The molecule has 0 bridgehead atoms. The number of anilines is 2. The highest BCUT2D eigenvalue weighted by molar-refractivity contribution is 5.43. The van der Waals surface area contributed by atoms with Crippen molar-refractivity contribution in [2.45, 2.75) is 6.61 Å². The third-order valence-corrected chi connectivity index (χ3v) is 2.84. The van der Waals surface area contributed by atoms with Gasteiger partial charge < -0.3 is 20.8 Å². The number of methoxy groups -OCH3 is 1. The number of ether oxygens (including phenoxy) is 1. The van der Waals surface area contributed by atoms with E-state index >= 15 is 0 Å². The second-order valence-corrected chi connectivity index (χ2v) is 4.43. The van der Waals surface area contributed by atoms with Gasteiger partial charge in [-0.15, -0.1) is 0 Å². The van der Waals surface area contributed by atoms with Gasteiger partial charge in [0.25, 0.3) is 0 Å². The van der Waals surface area contributed by atoms with Crippen molar-refractivity contribution in [3.63, 3.8) is 0 Å². The number of nitrogen functional groups attached to an aromatic ring is 1. The number of likely N-dealkylation sites (N-methyl/N-ethyl adjacent to an activating group) is 1. The molecule has 0 spiro atoms. The Morgan fingerprint density at radius 2 is 2.06 bits per heavy atom. The van der Waals surface area contributed by atoms with Crippen LogP contribution in [0.25, 0.3) is 0 Å². The minimum atomic E-state index is 0.364. The number of rotatable bonds is 4. The number of piperazine rings is 1. The fourth-order valence-electron chi connectivity index (χ4n) is 1.85. The first-order chi connectivity index (χ1) is 8.67. The van der Waals surface area contributed by atoms with Gasteiger partial charge in [-0.25, -0.2) is 15.0 Å². The molecule has 0 unspecified atom stereocenters. The van der Waals surface area contributed by atoms with E-state index in [1.165, 1.54) is 0 Å². The Labute approximate surface area is 107 Å². The molecule has 0 amide bonds. The van der Waals surface area contributed by atoms with Crippen molar-refractivity contribution in [3.8, 4) is 0 Å². The van der Waals surface area contributed by atoms with E-state index in [-0.39, 0.29) is 0 Å². The minimum Gasteiger partial charge on any atom is -0.384 e. The first kappa shape index (κ1) is 13.0. The van der Waals surface area contributed by atoms with E-state index in [1.54, 1.807) is 13.2 Å². The molecule has 7 nitrogen and oxygen atoms in total. The molecule has 0 atom stereocenters. The Morgan fingerprint density at radius 3 is 2.72 bits per heavy atom. The van der Waals surface area contributed by atoms with Crippen LogP contribution < -0.4 is 11.2 Å². The summed E-state index contributed by atoms with van der Waals surface area (Å²) in [5.74, 6) is 1.77. The van der Waals surface area contributed by atoms with Gasteiger partial charge in [-0.1, -0.05) is 0 Å². The van der Waals surface area contributed by atoms with E-state index in [2.05, 4.69) is 32.4 Å². The smallest absolute Gasteiger partial charge is 0.158 e. The Hall–Kier alpha value is -1.44. The van der Waals surface area contributed by atoms with Crippen LogP contribution in [0.3, 0.4) is 0 Å². The topological polar surface area (TPSA) is 79.5 Å². The number of hydrogen-bond acceptors (Lipinski definition) is 7. The van der Waals surface area contributed by atoms with E-state index < -0.39 is 0 Å². The fraction of sp³-hybridized carbons (Fsp3) is 0.636. The molecule has 7 heteroatoms. The molecule has 2 heterocycles. The molecule has 18 heavy (non-hydrogen) atoms. The van der Waals surface area contributed by atoms with Gasteiger partial charge in [-0.05, 0) is 7.05 Å². The molecule has 0 aromatic carbocycles. The SMILES string of the molecule is COCc1nc(N)cc(NN2CCN(C)CC2)n1. The largest absolute Gasteiger partial charge is 0.384 e. The number of nitrogens with two attached hydrogens (primary N) is 1. The molecule has 2 rings (SSSR count). The van der Waals surface area contributed by atoms with Crippen molar-refractivity contribution < 1.29 is 4.74 Å². The van der Waals surface area contributed by atoms with Crippen LogP contribution in [0.1, 0.15) is 5.82 Å². The van der Waals surface area contributed by atoms with Gasteiger partial charge in [-0.3, -0.25) is 0 Å². The van der Waals surface area contributed by atoms with Crippen LogP contribution in [-0.2, 0) is 11.3 Å². The van der Waals surface area contributed by atoms with Crippen LogP contribution in [0.4, 0.5) is 11.6 Å². The average Bonchev–Trinajstić information content (AvgIpc) is 2.32. The lowest BCUT2D eigenvalue weighted by molar-refractivity contribution is 0.175. The number of nitrogens with one attached hydrogen (secondary N) is 1. The number of hydrogen-bond donors (Lipinski definition) is 2. The zero-order valence-corrected chi connectivity index (χ0v) is 10.9. The van der Waals surface area contributed by atoms with E-state index in [1.807, 2.05) is 0 Å². The van der Waals surface area contributed by atoms with Crippen LogP contribution in [0.15, 0.2) is 6.07 Å². The molecule has 0 radical (unpaired) electrons. The highest BCUT2D eigenvalue weighted by atomic mass is 16.5. The first-order valence-electron chi connectivity index (χ1n) is 6.00. The lowest BCUT2D eigenvalue weighted by atomic mass is 10.4. The number of aromatic nitrogens is 2. The summed E-state index contributed by atoms with van der Waals surface area (Å²) in [5.41, 5.74) is 9.00. The van der Waals surface area contributed by atoms with E-state index in [9.17, 15) is 0 Å². The van der Waals surface area contributed by atoms with Crippen molar-refractivity contribution in [1.82, 2.24) is 19.9 Å². The van der Waals surface area contributed by atoms with Gasteiger partial charge in [-0.2, -0.15) is 0 Å². The Bertz CT molecular complexity index is 391. The molecule has 1 saturated heterocycles. The maximum Gasteiger partial charge on any atom is 0.158 e. The van der Waals surface area contributed by atoms with Gasteiger partial charge in [0.15, 0.2) is 5.82 Å². The van der Waals surface area contributed by atoms with E-state index in [4.69, 9.17) is 10.5 Å². The highest BCUT2D eigenvalue weighted by Gasteiger charge is 2.14. The maximum atomic E-state index is 5.74. The zero-order valence-electron chi connectivity index (χ0n) is 10.9. The third kappa shape index (κ3) is 3.52. The van der Waals surface area contributed by atoms with Crippen molar-refractivity contribution in [2.24, 2.45) is 0 Å². The summed E-state index contributed by atoms with van der Waals surface area (Å²) < 4.78 is 5.01. The molecule has 100 valence electrons. The van der Waals surface area contributed by atoms with Gasteiger partial charge >= 0.3 is 0 Å². The zero-order chi connectivity index (χ0) is 13.0. The normalized spacial score (nSPS) is 17.9. The molecule has 0 saturated carbocycles. The molecule has 1 fully saturated rings.